The van der Waals surface area contributed by atoms with E-state index in [2.05, 4.69) is 0 Å². The second-order valence-electron chi connectivity index (χ2n) is 7.58. The molecule has 3 aromatic rings. The van der Waals surface area contributed by atoms with Crippen LogP contribution in [0.1, 0.15) is 34.5 Å². The summed E-state index contributed by atoms with van der Waals surface area (Å²) in [5.74, 6) is -1.85. The smallest absolute Gasteiger partial charge is 0.337 e. The minimum Gasteiger partial charge on any atom is -0.507 e. The topological polar surface area (TPSA) is 93.1 Å². The number of methoxy groups -OCH3 is 1. The maximum absolute atomic E-state index is 13.2. The molecule has 0 aliphatic carbocycles. The van der Waals surface area contributed by atoms with Crippen LogP contribution in [0, 0.1) is 0 Å². The maximum Gasteiger partial charge on any atom is 0.337 e. The number of hydrogen-bond donors (Lipinski definition) is 1. The van der Waals surface area contributed by atoms with Crippen LogP contribution in [0.15, 0.2) is 84.4 Å². The number of aliphatic hydroxyl groups excluding tert-OH is 1. The minimum atomic E-state index is -0.888. The molecule has 172 valence electrons. The standard InChI is InChI=1S/C27H23NO6/c1-3-34-21-14-12-18(13-15-21)24(29)22-23(17-8-5-4-6-9-17)28(26(31)25(22)30)20-11-7-10-19(16-20)27(32)33-2/h4-16,23,29H,3H2,1-2H3/b24-22+. The number of rotatable bonds is 6. The zero-order chi connectivity index (χ0) is 24.2. The molecule has 1 N–H and O–H groups in total. The number of benzene rings is 3. The van der Waals surface area contributed by atoms with Crippen LogP contribution in [0.2, 0.25) is 0 Å². The second-order valence-corrected chi connectivity index (χ2v) is 7.58. The summed E-state index contributed by atoms with van der Waals surface area (Å²) in [5, 5.41) is 11.2. The average Bonchev–Trinajstić information content (AvgIpc) is 3.14. The van der Waals surface area contributed by atoms with Crippen LogP contribution in [0.5, 0.6) is 5.75 Å². The lowest BCUT2D eigenvalue weighted by Gasteiger charge is -2.25. The Bertz CT molecular complexity index is 1260. The fraction of sp³-hybridized carbons (Fsp3) is 0.148. The van der Waals surface area contributed by atoms with Crippen LogP contribution in [0.25, 0.3) is 5.76 Å². The summed E-state index contributed by atoms with van der Waals surface area (Å²) < 4.78 is 10.2. The van der Waals surface area contributed by atoms with Crippen LogP contribution in [0.4, 0.5) is 5.69 Å². The number of Topliss-reactive ketones (excluding diaryl/α,β-unsaturated/α-hetero) is 1. The van der Waals surface area contributed by atoms with Gasteiger partial charge in [0, 0.05) is 11.3 Å². The Morgan fingerprint density at radius 3 is 2.29 bits per heavy atom. The summed E-state index contributed by atoms with van der Waals surface area (Å²) in [7, 11) is 1.27. The van der Waals surface area contributed by atoms with Crippen LogP contribution < -0.4 is 9.64 Å². The summed E-state index contributed by atoms with van der Waals surface area (Å²) in [5.41, 5.74) is 1.55. The molecule has 7 nitrogen and oxygen atoms in total. The molecule has 0 aromatic heterocycles. The summed E-state index contributed by atoms with van der Waals surface area (Å²) in [6.07, 6.45) is 0. The van der Waals surface area contributed by atoms with Crippen LogP contribution in [-0.2, 0) is 14.3 Å². The molecular formula is C27H23NO6. The molecule has 7 heteroatoms. The first-order chi connectivity index (χ1) is 16.5. The Labute approximate surface area is 196 Å². The van der Waals surface area contributed by atoms with E-state index in [1.165, 1.54) is 18.1 Å². The molecule has 1 unspecified atom stereocenters. The summed E-state index contributed by atoms with van der Waals surface area (Å²) in [6.45, 7) is 2.36. The highest BCUT2D eigenvalue weighted by Crippen LogP contribution is 2.42. The number of hydrogen-bond acceptors (Lipinski definition) is 6. The predicted octanol–water partition coefficient (Wildman–Crippen LogP) is 4.50. The van der Waals surface area contributed by atoms with Crippen LogP contribution >= 0.6 is 0 Å². The van der Waals surface area contributed by atoms with Gasteiger partial charge in [0.1, 0.15) is 11.5 Å². The van der Waals surface area contributed by atoms with Gasteiger partial charge in [0.25, 0.3) is 11.7 Å². The molecular weight excluding hydrogens is 434 g/mol. The molecule has 0 saturated carbocycles. The van der Waals surface area contributed by atoms with E-state index < -0.39 is 23.7 Å². The highest BCUT2D eigenvalue weighted by Gasteiger charge is 2.47. The Morgan fingerprint density at radius 1 is 0.941 bits per heavy atom. The number of ketones is 1. The maximum atomic E-state index is 13.2. The zero-order valence-electron chi connectivity index (χ0n) is 18.7. The number of ether oxygens (including phenoxy) is 2. The Balaban J connectivity index is 1.87. The summed E-state index contributed by atoms with van der Waals surface area (Å²) >= 11 is 0. The van der Waals surface area contributed by atoms with Crippen LogP contribution in [-0.4, -0.2) is 36.5 Å². The lowest BCUT2D eigenvalue weighted by molar-refractivity contribution is -0.132. The van der Waals surface area contributed by atoms with Gasteiger partial charge in [-0.2, -0.15) is 0 Å². The Morgan fingerprint density at radius 2 is 1.65 bits per heavy atom. The molecule has 34 heavy (non-hydrogen) atoms. The fourth-order valence-electron chi connectivity index (χ4n) is 3.98. The van der Waals surface area contributed by atoms with E-state index in [1.807, 2.05) is 13.0 Å². The van der Waals surface area contributed by atoms with Gasteiger partial charge < -0.3 is 14.6 Å². The minimum absolute atomic E-state index is 0.0381. The summed E-state index contributed by atoms with van der Waals surface area (Å²) in [6, 6.07) is 21.0. The van der Waals surface area contributed by atoms with Crippen molar-refractivity contribution in [2.45, 2.75) is 13.0 Å². The van der Waals surface area contributed by atoms with E-state index in [-0.39, 0.29) is 16.9 Å². The van der Waals surface area contributed by atoms with Gasteiger partial charge in [-0.3, -0.25) is 14.5 Å². The van der Waals surface area contributed by atoms with E-state index in [4.69, 9.17) is 9.47 Å². The third kappa shape index (κ3) is 4.15. The Kier molecular flexibility index (Phi) is 6.45. The van der Waals surface area contributed by atoms with E-state index in [0.717, 1.165) is 0 Å². The molecule has 1 fully saturated rings. The van der Waals surface area contributed by atoms with Crippen molar-refractivity contribution in [3.8, 4) is 5.75 Å². The van der Waals surface area contributed by atoms with Gasteiger partial charge in [0.2, 0.25) is 0 Å². The first-order valence-electron chi connectivity index (χ1n) is 10.7. The summed E-state index contributed by atoms with van der Waals surface area (Å²) in [4.78, 5) is 39.8. The van der Waals surface area contributed by atoms with Gasteiger partial charge >= 0.3 is 5.97 Å². The predicted molar refractivity (Wildman–Crippen MR) is 127 cm³/mol. The molecule has 1 amide bonds. The van der Waals surface area contributed by atoms with Gasteiger partial charge in [0.05, 0.1) is 30.9 Å². The van der Waals surface area contributed by atoms with Crippen molar-refractivity contribution >= 4 is 29.1 Å². The van der Waals surface area contributed by atoms with E-state index in [9.17, 15) is 19.5 Å². The lowest BCUT2D eigenvalue weighted by atomic mass is 9.95. The van der Waals surface area contributed by atoms with Gasteiger partial charge in [0.15, 0.2) is 0 Å². The van der Waals surface area contributed by atoms with Crippen molar-refractivity contribution in [3.05, 3.63) is 101 Å². The van der Waals surface area contributed by atoms with E-state index >= 15 is 0 Å². The normalized spacial score (nSPS) is 17.0. The fourth-order valence-corrected chi connectivity index (χ4v) is 3.98. The lowest BCUT2D eigenvalue weighted by Crippen LogP contribution is -2.29. The average molecular weight is 457 g/mol. The van der Waals surface area contributed by atoms with Gasteiger partial charge in [-0.05, 0) is 55.0 Å². The third-order valence-electron chi connectivity index (χ3n) is 5.54. The van der Waals surface area contributed by atoms with Crippen molar-refractivity contribution in [2.75, 3.05) is 18.6 Å². The number of esters is 1. The number of amides is 1. The monoisotopic (exact) mass is 457 g/mol. The van der Waals surface area contributed by atoms with Crippen molar-refractivity contribution in [3.63, 3.8) is 0 Å². The largest absolute Gasteiger partial charge is 0.507 e. The molecule has 1 aliphatic rings. The van der Waals surface area contributed by atoms with Crippen molar-refractivity contribution in [2.24, 2.45) is 0 Å². The SMILES string of the molecule is CCOc1ccc(/C(O)=C2\C(=O)C(=O)N(c3cccc(C(=O)OC)c3)C2c2ccccc2)cc1. The quantitative estimate of drug-likeness (QED) is 0.254. The zero-order valence-corrected chi connectivity index (χ0v) is 18.7. The number of aliphatic hydroxyl groups is 1. The first-order valence-corrected chi connectivity index (χ1v) is 10.7. The molecule has 0 radical (unpaired) electrons. The van der Waals surface area contributed by atoms with E-state index in [0.29, 0.717) is 29.2 Å². The highest BCUT2D eigenvalue weighted by molar-refractivity contribution is 6.51. The van der Waals surface area contributed by atoms with Crippen molar-refractivity contribution in [1.82, 2.24) is 0 Å². The molecule has 1 heterocycles. The number of carbonyl (C=O) groups excluding carboxylic acids is 3. The van der Waals surface area contributed by atoms with Gasteiger partial charge in [-0.15, -0.1) is 0 Å². The number of anilines is 1. The van der Waals surface area contributed by atoms with Gasteiger partial charge in [-0.1, -0.05) is 36.4 Å². The molecule has 1 aliphatic heterocycles. The van der Waals surface area contributed by atoms with Crippen molar-refractivity contribution < 1.29 is 29.0 Å². The molecule has 3 aromatic carbocycles. The van der Waals surface area contributed by atoms with Gasteiger partial charge in [-0.25, -0.2) is 4.79 Å². The molecule has 0 bridgehead atoms. The van der Waals surface area contributed by atoms with E-state index in [1.54, 1.807) is 66.7 Å². The molecule has 1 saturated heterocycles. The third-order valence-corrected chi connectivity index (χ3v) is 5.54. The second kappa shape index (κ2) is 9.62. The van der Waals surface area contributed by atoms with Crippen LogP contribution in [0.3, 0.4) is 0 Å². The molecule has 1 atom stereocenters. The number of carbonyl (C=O) groups is 3. The first kappa shape index (κ1) is 22.8. The van der Waals surface area contributed by atoms with Crippen molar-refractivity contribution in [1.29, 1.82) is 0 Å². The highest BCUT2D eigenvalue weighted by atomic mass is 16.5. The number of nitrogens with zero attached hydrogens (tertiary/aromatic N) is 1. The molecule has 4 rings (SSSR count). The molecule has 0 spiro atoms. The Hall–Kier alpha value is -4.39.